The second kappa shape index (κ2) is 4.46. The molecular weight excluding hydrogens is 234 g/mol. The summed E-state index contributed by atoms with van der Waals surface area (Å²) in [5.41, 5.74) is 1.48. The standard InChI is InChI=1S/C17H31NO/c1-15(2)13-5-6-17(4,11-13)14(15)18-12-16(3)7-9-19-10-8-16/h13-14,18H,5-12H2,1-4H3/t13-,14?,17+/m0/s1. The molecule has 110 valence electrons. The van der Waals surface area contributed by atoms with Gasteiger partial charge in [-0.05, 0) is 54.3 Å². The first-order valence-electron chi connectivity index (χ1n) is 8.17. The Hall–Kier alpha value is -0.0800. The van der Waals surface area contributed by atoms with E-state index in [0.717, 1.165) is 19.1 Å². The van der Waals surface area contributed by atoms with Gasteiger partial charge in [0.15, 0.2) is 0 Å². The highest BCUT2D eigenvalue weighted by Gasteiger charge is 2.59. The van der Waals surface area contributed by atoms with Gasteiger partial charge < -0.3 is 10.1 Å². The van der Waals surface area contributed by atoms with Crippen LogP contribution in [0.15, 0.2) is 0 Å². The lowest BCUT2D eigenvalue weighted by Gasteiger charge is -2.45. The Morgan fingerprint density at radius 1 is 1.05 bits per heavy atom. The first kappa shape index (κ1) is 13.9. The zero-order valence-electron chi connectivity index (χ0n) is 13.2. The Morgan fingerprint density at radius 2 is 1.74 bits per heavy atom. The number of rotatable bonds is 3. The summed E-state index contributed by atoms with van der Waals surface area (Å²) in [6.45, 7) is 13.0. The van der Waals surface area contributed by atoms with Gasteiger partial charge in [0.25, 0.3) is 0 Å². The summed E-state index contributed by atoms with van der Waals surface area (Å²) in [7, 11) is 0. The summed E-state index contributed by atoms with van der Waals surface area (Å²) in [6.07, 6.45) is 6.75. The Morgan fingerprint density at radius 3 is 2.32 bits per heavy atom. The van der Waals surface area contributed by atoms with Gasteiger partial charge in [-0.1, -0.05) is 27.7 Å². The highest BCUT2D eigenvalue weighted by atomic mass is 16.5. The lowest BCUT2D eigenvalue weighted by Crippen LogP contribution is -2.53. The van der Waals surface area contributed by atoms with Crippen molar-refractivity contribution in [3.8, 4) is 0 Å². The van der Waals surface area contributed by atoms with E-state index in [4.69, 9.17) is 4.74 Å². The van der Waals surface area contributed by atoms with Gasteiger partial charge in [-0.2, -0.15) is 0 Å². The minimum Gasteiger partial charge on any atom is -0.381 e. The molecule has 2 nitrogen and oxygen atoms in total. The van der Waals surface area contributed by atoms with Crippen LogP contribution in [-0.2, 0) is 4.74 Å². The summed E-state index contributed by atoms with van der Waals surface area (Å²) in [4.78, 5) is 0. The van der Waals surface area contributed by atoms with Gasteiger partial charge in [-0.3, -0.25) is 0 Å². The van der Waals surface area contributed by atoms with Crippen molar-refractivity contribution in [2.75, 3.05) is 19.8 Å². The molecule has 2 saturated carbocycles. The predicted molar refractivity (Wildman–Crippen MR) is 79.2 cm³/mol. The quantitative estimate of drug-likeness (QED) is 0.841. The van der Waals surface area contributed by atoms with Crippen molar-refractivity contribution in [3.05, 3.63) is 0 Å². The summed E-state index contributed by atoms with van der Waals surface area (Å²) in [5.74, 6) is 0.942. The number of nitrogens with one attached hydrogen (secondary N) is 1. The molecule has 3 aliphatic rings. The van der Waals surface area contributed by atoms with E-state index < -0.39 is 0 Å². The molecule has 0 aromatic rings. The third-order valence-corrected chi connectivity index (χ3v) is 6.70. The molecule has 2 bridgehead atoms. The minimum absolute atomic E-state index is 0.451. The maximum atomic E-state index is 5.52. The topological polar surface area (TPSA) is 21.3 Å². The van der Waals surface area contributed by atoms with Crippen molar-refractivity contribution in [1.82, 2.24) is 5.32 Å². The summed E-state index contributed by atoms with van der Waals surface area (Å²) >= 11 is 0. The molecule has 1 aliphatic heterocycles. The summed E-state index contributed by atoms with van der Waals surface area (Å²) in [6, 6.07) is 0.707. The molecule has 2 heteroatoms. The van der Waals surface area contributed by atoms with Crippen LogP contribution in [0.1, 0.15) is 59.8 Å². The third kappa shape index (κ3) is 2.25. The molecule has 1 heterocycles. The Balaban J connectivity index is 1.66. The van der Waals surface area contributed by atoms with Crippen LogP contribution in [0.2, 0.25) is 0 Å². The van der Waals surface area contributed by atoms with Gasteiger partial charge in [0, 0.05) is 25.8 Å². The van der Waals surface area contributed by atoms with Gasteiger partial charge in [0.05, 0.1) is 0 Å². The van der Waals surface area contributed by atoms with Crippen LogP contribution in [0.5, 0.6) is 0 Å². The van der Waals surface area contributed by atoms with Crippen molar-refractivity contribution in [2.24, 2.45) is 22.2 Å². The Kier molecular flexibility index (Phi) is 3.26. The molecule has 3 rings (SSSR count). The molecule has 19 heavy (non-hydrogen) atoms. The number of hydrogen-bond donors (Lipinski definition) is 1. The van der Waals surface area contributed by atoms with Crippen molar-refractivity contribution in [2.45, 2.75) is 65.8 Å². The average Bonchev–Trinajstić information content (AvgIpc) is 2.80. The normalized spacial score (nSPS) is 43.6. The lowest BCUT2D eigenvalue weighted by molar-refractivity contribution is 0.0145. The molecule has 0 aromatic heterocycles. The molecule has 1 N–H and O–H groups in total. The molecule has 0 aromatic carbocycles. The monoisotopic (exact) mass is 265 g/mol. The Labute approximate surface area is 118 Å². The molecular formula is C17H31NO. The zero-order chi connectivity index (χ0) is 13.7. The van der Waals surface area contributed by atoms with E-state index in [2.05, 4.69) is 33.0 Å². The summed E-state index contributed by atoms with van der Waals surface area (Å²) in [5, 5.41) is 4.00. The van der Waals surface area contributed by atoms with Crippen molar-refractivity contribution < 1.29 is 4.74 Å². The third-order valence-electron chi connectivity index (χ3n) is 6.70. The van der Waals surface area contributed by atoms with Crippen LogP contribution in [0.25, 0.3) is 0 Å². The SMILES string of the molecule is CC1(CNC2C(C)(C)[C@H]3CC[C@]2(C)C3)CCOCC1. The average molecular weight is 265 g/mol. The molecule has 0 spiro atoms. The van der Waals surface area contributed by atoms with E-state index >= 15 is 0 Å². The van der Waals surface area contributed by atoms with Crippen LogP contribution in [0.3, 0.4) is 0 Å². The van der Waals surface area contributed by atoms with E-state index in [1.165, 1.54) is 38.6 Å². The molecule has 2 aliphatic carbocycles. The zero-order valence-corrected chi connectivity index (χ0v) is 13.2. The first-order valence-corrected chi connectivity index (χ1v) is 8.17. The molecule has 0 radical (unpaired) electrons. The smallest absolute Gasteiger partial charge is 0.0471 e. The largest absolute Gasteiger partial charge is 0.381 e. The van der Waals surface area contributed by atoms with Crippen LogP contribution in [0, 0.1) is 22.2 Å². The second-order valence-corrected chi connectivity index (χ2v) is 8.65. The Bertz CT molecular complexity index is 340. The van der Waals surface area contributed by atoms with E-state index in [9.17, 15) is 0 Å². The van der Waals surface area contributed by atoms with Gasteiger partial charge in [-0.25, -0.2) is 0 Å². The lowest BCUT2D eigenvalue weighted by atomic mass is 9.68. The van der Waals surface area contributed by atoms with Crippen LogP contribution in [0.4, 0.5) is 0 Å². The van der Waals surface area contributed by atoms with Crippen LogP contribution < -0.4 is 5.32 Å². The molecule has 1 unspecified atom stereocenters. The molecule has 3 atom stereocenters. The van der Waals surface area contributed by atoms with Crippen LogP contribution >= 0.6 is 0 Å². The van der Waals surface area contributed by atoms with Crippen molar-refractivity contribution in [1.29, 1.82) is 0 Å². The molecule has 3 fully saturated rings. The highest BCUT2D eigenvalue weighted by molar-refractivity contribution is 5.12. The number of hydrogen-bond acceptors (Lipinski definition) is 2. The first-order chi connectivity index (χ1) is 8.86. The fourth-order valence-corrected chi connectivity index (χ4v) is 5.20. The van der Waals surface area contributed by atoms with E-state index in [0.29, 0.717) is 22.3 Å². The highest BCUT2D eigenvalue weighted by Crippen LogP contribution is 2.62. The van der Waals surface area contributed by atoms with Gasteiger partial charge in [-0.15, -0.1) is 0 Å². The minimum atomic E-state index is 0.451. The maximum absolute atomic E-state index is 5.52. The molecule has 1 saturated heterocycles. The van der Waals surface area contributed by atoms with Gasteiger partial charge in [0.1, 0.15) is 0 Å². The van der Waals surface area contributed by atoms with E-state index in [1.807, 2.05) is 0 Å². The van der Waals surface area contributed by atoms with E-state index in [1.54, 1.807) is 0 Å². The number of ether oxygens (including phenoxy) is 1. The van der Waals surface area contributed by atoms with Gasteiger partial charge in [0.2, 0.25) is 0 Å². The number of fused-ring (bicyclic) bond motifs is 2. The summed E-state index contributed by atoms with van der Waals surface area (Å²) < 4.78 is 5.52. The molecule has 0 amide bonds. The fraction of sp³-hybridized carbons (Fsp3) is 1.00. The van der Waals surface area contributed by atoms with Crippen LogP contribution in [-0.4, -0.2) is 25.8 Å². The fourth-order valence-electron chi connectivity index (χ4n) is 5.20. The van der Waals surface area contributed by atoms with Crippen molar-refractivity contribution >= 4 is 0 Å². The van der Waals surface area contributed by atoms with Crippen molar-refractivity contribution in [3.63, 3.8) is 0 Å². The predicted octanol–water partition coefficient (Wildman–Crippen LogP) is 3.61. The second-order valence-electron chi connectivity index (χ2n) is 8.65. The van der Waals surface area contributed by atoms with E-state index in [-0.39, 0.29) is 0 Å². The maximum Gasteiger partial charge on any atom is 0.0471 e. The van der Waals surface area contributed by atoms with Gasteiger partial charge >= 0.3 is 0 Å².